The fraction of sp³-hybridized carbons (Fsp3) is 0.667. The molecule has 2 atom stereocenters. The van der Waals surface area contributed by atoms with Crippen LogP contribution in [0.3, 0.4) is 0 Å². The first-order chi connectivity index (χ1) is 9.90. The Hall–Kier alpha value is -2.05. The third kappa shape index (κ3) is 6.15. The molecule has 1 N–H and O–H groups in total. The maximum atomic E-state index is 12.2. The highest BCUT2D eigenvalue weighted by atomic mass is 16.6. The lowest BCUT2D eigenvalue weighted by Gasteiger charge is -2.29. The smallest absolute Gasteiger partial charge is 0.410 e. The van der Waals surface area contributed by atoms with Gasteiger partial charge in [-0.1, -0.05) is 6.58 Å². The van der Waals surface area contributed by atoms with Crippen LogP contribution in [0.5, 0.6) is 0 Å². The molecular formula is C15H26N2O5. The standard InChI is InChI=1S/C15H26N2O5/c1-9(2)11(13(19)21-8)16-12(18)10(3)17(7)14(20)22-15(4,5)6/h10-11H,1H2,2-8H3,(H,16,18)/t10-,11?/m0/s1. The van der Waals surface area contributed by atoms with E-state index in [1.807, 2.05) is 0 Å². The number of amides is 2. The van der Waals surface area contributed by atoms with Crippen molar-refractivity contribution in [2.24, 2.45) is 0 Å². The summed E-state index contributed by atoms with van der Waals surface area (Å²) in [6.45, 7) is 12.0. The lowest BCUT2D eigenvalue weighted by atomic mass is 10.1. The Bertz CT molecular complexity index is 453. The van der Waals surface area contributed by atoms with Gasteiger partial charge in [0.2, 0.25) is 5.91 Å². The minimum atomic E-state index is -0.952. The zero-order chi connectivity index (χ0) is 17.7. The molecule has 0 aromatic carbocycles. The molecule has 0 aromatic rings. The number of methoxy groups -OCH3 is 1. The van der Waals surface area contributed by atoms with Crippen LogP contribution in [0.2, 0.25) is 0 Å². The van der Waals surface area contributed by atoms with E-state index in [9.17, 15) is 14.4 Å². The van der Waals surface area contributed by atoms with Gasteiger partial charge < -0.3 is 14.8 Å². The van der Waals surface area contributed by atoms with Crippen molar-refractivity contribution in [1.82, 2.24) is 10.2 Å². The first kappa shape index (κ1) is 19.9. The second kappa shape index (κ2) is 7.82. The van der Waals surface area contributed by atoms with Crippen LogP contribution in [-0.2, 0) is 19.1 Å². The van der Waals surface area contributed by atoms with Crippen molar-refractivity contribution in [2.75, 3.05) is 14.2 Å². The van der Waals surface area contributed by atoms with Crippen molar-refractivity contribution < 1.29 is 23.9 Å². The Labute approximate surface area is 131 Å². The maximum Gasteiger partial charge on any atom is 0.410 e. The van der Waals surface area contributed by atoms with E-state index in [4.69, 9.17) is 4.74 Å². The second-order valence-electron chi connectivity index (χ2n) is 6.08. The summed E-state index contributed by atoms with van der Waals surface area (Å²) in [4.78, 5) is 36.9. The molecular weight excluding hydrogens is 288 g/mol. The van der Waals surface area contributed by atoms with Gasteiger partial charge in [-0.2, -0.15) is 0 Å². The van der Waals surface area contributed by atoms with Crippen LogP contribution >= 0.6 is 0 Å². The molecule has 2 amide bonds. The molecule has 0 radical (unpaired) electrons. The quantitative estimate of drug-likeness (QED) is 0.613. The highest BCUT2D eigenvalue weighted by Gasteiger charge is 2.30. The highest BCUT2D eigenvalue weighted by Crippen LogP contribution is 2.11. The topological polar surface area (TPSA) is 84.9 Å². The van der Waals surface area contributed by atoms with E-state index in [2.05, 4.69) is 16.6 Å². The van der Waals surface area contributed by atoms with Crippen LogP contribution in [0.15, 0.2) is 12.2 Å². The summed E-state index contributed by atoms with van der Waals surface area (Å²) in [7, 11) is 2.67. The second-order valence-corrected chi connectivity index (χ2v) is 6.08. The van der Waals surface area contributed by atoms with Crippen molar-refractivity contribution in [1.29, 1.82) is 0 Å². The highest BCUT2D eigenvalue weighted by molar-refractivity contribution is 5.90. The van der Waals surface area contributed by atoms with Crippen LogP contribution in [0.25, 0.3) is 0 Å². The number of carbonyl (C=O) groups excluding carboxylic acids is 3. The SMILES string of the molecule is C=C(C)C(NC(=O)[C@H](C)N(C)C(=O)OC(C)(C)C)C(=O)OC. The zero-order valence-corrected chi connectivity index (χ0v) is 14.4. The van der Waals surface area contributed by atoms with Crippen molar-refractivity contribution >= 4 is 18.0 Å². The molecule has 0 heterocycles. The number of esters is 1. The van der Waals surface area contributed by atoms with Gasteiger partial charge >= 0.3 is 12.1 Å². The van der Waals surface area contributed by atoms with Gasteiger partial charge in [-0.15, -0.1) is 0 Å². The lowest BCUT2D eigenvalue weighted by Crippen LogP contribution is -2.52. The van der Waals surface area contributed by atoms with Crippen LogP contribution < -0.4 is 5.32 Å². The Morgan fingerprint density at radius 3 is 2.09 bits per heavy atom. The maximum absolute atomic E-state index is 12.2. The van der Waals surface area contributed by atoms with Gasteiger partial charge in [0, 0.05) is 7.05 Å². The number of hydrogen-bond acceptors (Lipinski definition) is 5. The number of nitrogens with one attached hydrogen (secondary N) is 1. The van der Waals surface area contributed by atoms with Crippen LogP contribution in [0.1, 0.15) is 34.6 Å². The van der Waals surface area contributed by atoms with E-state index in [0.29, 0.717) is 5.57 Å². The molecule has 0 aliphatic carbocycles. The van der Waals surface area contributed by atoms with Gasteiger partial charge in [0.1, 0.15) is 17.7 Å². The van der Waals surface area contributed by atoms with E-state index < -0.39 is 35.7 Å². The molecule has 0 saturated heterocycles. The number of hydrogen-bond donors (Lipinski definition) is 1. The fourth-order valence-corrected chi connectivity index (χ4v) is 1.43. The summed E-state index contributed by atoms with van der Waals surface area (Å²) in [5.74, 6) is -1.13. The summed E-state index contributed by atoms with van der Waals surface area (Å²) < 4.78 is 9.80. The van der Waals surface area contributed by atoms with Crippen molar-refractivity contribution in [3.05, 3.63) is 12.2 Å². The number of nitrogens with zero attached hydrogens (tertiary/aromatic N) is 1. The summed E-state index contributed by atoms with van der Waals surface area (Å²) in [6, 6.07) is -1.77. The Balaban J connectivity index is 4.87. The van der Waals surface area contributed by atoms with E-state index in [1.165, 1.54) is 21.1 Å². The van der Waals surface area contributed by atoms with Gasteiger partial charge in [0.15, 0.2) is 0 Å². The predicted octanol–water partition coefficient (Wildman–Crippen LogP) is 1.48. The first-order valence-electron chi connectivity index (χ1n) is 6.90. The third-order valence-corrected chi connectivity index (χ3v) is 2.86. The zero-order valence-electron chi connectivity index (χ0n) is 14.4. The monoisotopic (exact) mass is 314 g/mol. The molecule has 0 bridgehead atoms. The van der Waals surface area contributed by atoms with Crippen LogP contribution in [-0.4, -0.2) is 54.7 Å². The molecule has 7 nitrogen and oxygen atoms in total. The fourth-order valence-electron chi connectivity index (χ4n) is 1.43. The third-order valence-electron chi connectivity index (χ3n) is 2.86. The van der Waals surface area contributed by atoms with Gasteiger partial charge in [-0.05, 0) is 40.2 Å². The molecule has 22 heavy (non-hydrogen) atoms. The predicted molar refractivity (Wildman–Crippen MR) is 82.2 cm³/mol. The molecule has 1 unspecified atom stereocenters. The minimum absolute atomic E-state index is 0.437. The summed E-state index contributed by atoms with van der Waals surface area (Å²) >= 11 is 0. The average Bonchev–Trinajstić information content (AvgIpc) is 2.39. The Morgan fingerprint density at radius 2 is 1.73 bits per heavy atom. The van der Waals surface area contributed by atoms with Gasteiger partial charge in [-0.3, -0.25) is 9.69 Å². The van der Waals surface area contributed by atoms with E-state index >= 15 is 0 Å². The first-order valence-corrected chi connectivity index (χ1v) is 6.90. The largest absolute Gasteiger partial charge is 0.467 e. The summed E-state index contributed by atoms with van der Waals surface area (Å²) in [5, 5.41) is 2.50. The van der Waals surface area contributed by atoms with Gasteiger partial charge in [-0.25, -0.2) is 9.59 Å². The number of rotatable bonds is 5. The van der Waals surface area contributed by atoms with Crippen molar-refractivity contribution in [3.8, 4) is 0 Å². The van der Waals surface area contributed by atoms with Gasteiger partial charge in [0.25, 0.3) is 0 Å². The minimum Gasteiger partial charge on any atom is -0.467 e. The Kier molecular flexibility index (Phi) is 7.09. The van der Waals surface area contributed by atoms with Crippen molar-refractivity contribution in [3.63, 3.8) is 0 Å². The van der Waals surface area contributed by atoms with Crippen molar-refractivity contribution in [2.45, 2.75) is 52.3 Å². The molecule has 126 valence electrons. The Morgan fingerprint density at radius 1 is 1.23 bits per heavy atom. The van der Waals surface area contributed by atoms with E-state index in [1.54, 1.807) is 27.7 Å². The molecule has 0 aliphatic heterocycles. The number of likely N-dealkylation sites (N-methyl/N-ethyl adjacent to an activating group) is 1. The molecule has 7 heteroatoms. The van der Waals surface area contributed by atoms with E-state index in [-0.39, 0.29) is 0 Å². The average molecular weight is 314 g/mol. The molecule has 0 aliphatic rings. The molecule has 0 fully saturated rings. The lowest BCUT2D eigenvalue weighted by molar-refractivity contribution is -0.144. The number of carbonyl (C=O) groups is 3. The molecule has 0 rings (SSSR count). The summed E-state index contributed by atoms with van der Waals surface area (Å²) in [5.41, 5.74) is -0.222. The normalized spacial score (nSPS) is 13.6. The molecule has 0 spiro atoms. The number of ether oxygens (including phenoxy) is 2. The molecule has 0 aromatic heterocycles. The summed E-state index contributed by atoms with van der Waals surface area (Å²) in [6.07, 6.45) is -0.625. The van der Waals surface area contributed by atoms with Crippen LogP contribution in [0, 0.1) is 0 Å². The van der Waals surface area contributed by atoms with E-state index in [0.717, 1.165) is 4.90 Å². The molecule has 0 saturated carbocycles. The van der Waals surface area contributed by atoms with Crippen LogP contribution in [0.4, 0.5) is 4.79 Å². The van der Waals surface area contributed by atoms with Gasteiger partial charge in [0.05, 0.1) is 7.11 Å².